The summed E-state index contributed by atoms with van der Waals surface area (Å²) in [7, 11) is 0. The average molecular weight is 101 g/mol. The molecule has 0 aromatic rings. The van der Waals surface area contributed by atoms with Gasteiger partial charge in [0, 0.05) is 6.54 Å². The van der Waals surface area contributed by atoms with Crippen molar-refractivity contribution in [3.63, 3.8) is 0 Å². The summed E-state index contributed by atoms with van der Waals surface area (Å²) in [5, 5.41) is 0. The predicted molar refractivity (Wildman–Crippen MR) is 29.8 cm³/mol. The molecule has 42 valence electrons. The molecule has 0 saturated heterocycles. The van der Waals surface area contributed by atoms with Crippen molar-refractivity contribution in [1.82, 2.24) is 5.48 Å². The maximum Gasteiger partial charge on any atom is 0.0654 e. The van der Waals surface area contributed by atoms with Crippen molar-refractivity contribution in [3.8, 4) is 0 Å². The quantitative estimate of drug-likeness (QED) is 0.320. The van der Waals surface area contributed by atoms with Crippen LogP contribution < -0.4 is 5.48 Å². The predicted octanol–water partition coefficient (Wildman–Crippen LogP) is 0.714. The fraction of sp³-hybridized carbons (Fsp3) is 0.600. The van der Waals surface area contributed by atoms with Crippen molar-refractivity contribution in [1.29, 1.82) is 0 Å². The van der Waals surface area contributed by atoms with Gasteiger partial charge in [0.25, 0.3) is 0 Å². The number of rotatable bonds is 4. The normalized spacial score (nSPS) is 8.71. The van der Waals surface area contributed by atoms with E-state index >= 15 is 0 Å². The number of nitrogens with one attached hydrogen (secondary N) is 1. The van der Waals surface area contributed by atoms with Crippen molar-refractivity contribution in [2.24, 2.45) is 0 Å². The Bertz CT molecular complexity index is 45.3. The van der Waals surface area contributed by atoms with E-state index in [0.717, 1.165) is 0 Å². The number of hydrogen-bond donors (Lipinski definition) is 1. The van der Waals surface area contributed by atoms with Crippen LogP contribution in [0.2, 0.25) is 0 Å². The summed E-state index contributed by atoms with van der Waals surface area (Å²) < 4.78 is 0. The molecule has 0 fully saturated rings. The molecule has 2 nitrogen and oxygen atoms in total. The molecular formula is C5H11NO. The highest BCUT2D eigenvalue weighted by Crippen LogP contribution is 1.62. The zero-order valence-electron chi connectivity index (χ0n) is 4.61. The van der Waals surface area contributed by atoms with Gasteiger partial charge < -0.3 is 4.84 Å². The van der Waals surface area contributed by atoms with Crippen LogP contribution in [0.25, 0.3) is 0 Å². The Balaban J connectivity index is 2.56. The Hall–Kier alpha value is -0.340. The Morgan fingerprint density at radius 1 is 1.86 bits per heavy atom. The van der Waals surface area contributed by atoms with Gasteiger partial charge in [-0.15, -0.1) is 6.58 Å². The summed E-state index contributed by atoms with van der Waals surface area (Å²) >= 11 is 0. The monoisotopic (exact) mass is 101 g/mol. The van der Waals surface area contributed by atoms with E-state index in [2.05, 4.69) is 12.1 Å². The van der Waals surface area contributed by atoms with E-state index in [-0.39, 0.29) is 0 Å². The molecular weight excluding hydrogens is 90.1 g/mol. The molecule has 7 heavy (non-hydrogen) atoms. The highest BCUT2D eigenvalue weighted by atomic mass is 16.6. The van der Waals surface area contributed by atoms with Crippen LogP contribution in [-0.4, -0.2) is 13.2 Å². The second-order valence-electron chi connectivity index (χ2n) is 1.07. The minimum absolute atomic E-state index is 0.702. The summed E-state index contributed by atoms with van der Waals surface area (Å²) in [6.07, 6.45) is 1.75. The van der Waals surface area contributed by atoms with Crippen LogP contribution in [0.15, 0.2) is 12.7 Å². The van der Waals surface area contributed by atoms with Crippen LogP contribution in [0.5, 0.6) is 0 Å². The number of hydrogen-bond acceptors (Lipinski definition) is 2. The van der Waals surface area contributed by atoms with Crippen molar-refractivity contribution in [3.05, 3.63) is 12.7 Å². The van der Waals surface area contributed by atoms with Gasteiger partial charge in [-0.05, 0) is 6.92 Å². The second-order valence-corrected chi connectivity index (χ2v) is 1.07. The van der Waals surface area contributed by atoms with Gasteiger partial charge in [-0.3, -0.25) is 0 Å². The summed E-state index contributed by atoms with van der Waals surface area (Å²) in [6.45, 7) is 6.83. The van der Waals surface area contributed by atoms with Gasteiger partial charge in [0.2, 0.25) is 0 Å². The summed E-state index contributed by atoms with van der Waals surface area (Å²) in [6, 6.07) is 0. The zero-order chi connectivity index (χ0) is 5.54. The number of hydroxylamine groups is 1. The summed E-state index contributed by atoms with van der Waals surface area (Å²) in [4.78, 5) is 4.75. The van der Waals surface area contributed by atoms with Crippen molar-refractivity contribution >= 4 is 0 Å². The van der Waals surface area contributed by atoms with E-state index < -0.39 is 0 Å². The Morgan fingerprint density at radius 3 is 3.00 bits per heavy atom. The molecule has 2 heteroatoms. The molecule has 0 bridgehead atoms. The van der Waals surface area contributed by atoms with Crippen LogP contribution in [0.4, 0.5) is 0 Å². The molecule has 0 spiro atoms. The molecule has 0 radical (unpaired) electrons. The van der Waals surface area contributed by atoms with Gasteiger partial charge >= 0.3 is 0 Å². The molecule has 0 aliphatic rings. The van der Waals surface area contributed by atoms with Crippen LogP contribution in [0.1, 0.15) is 6.92 Å². The fourth-order valence-corrected chi connectivity index (χ4v) is 0.220. The van der Waals surface area contributed by atoms with E-state index in [4.69, 9.17) is 4.84 Å². The lowest BCUT2D eigenvalue weighted by atomic mass is 10.7. The standard InChI is InChI=1S/C5H11NO/c1-3-5-6-7-4-2/h3,6H,1,4-5H2,2H3. The molecule has 1 N–H and O–H groups in total. The Morgan fingerprint density at radius 2 is 2.57 bits per heavy atom. The van der Waals surface area contributed by atoms with Crippen molar-refractivity contribution < 1.29 is 4.84 Å². The lowest BCUT2D eigenvalue weighted by Gasteiger charge is -1.95. The molecule has 0 amide bonds. The average Bonchev–Trinajstić information content (AvgIpc) is 1.69. The van der Waals surface area contributed by atoms with Gasteiger partial charge in [0.15, 0.2) is 0 Å². The smallest absolute Gasteiger partial charge is 0.0654 e. The van der Waals surface area contributed by atoms with E-state index in [0.29, 0.717) is 13.2 Å². The molecule has 0 aliphatic carbocycles. The zero-order valence-corrected chi connectivity index (χ0v) is 4.61. The minimum Gasteiger partial charge on any atom is -0.302 e. The Labute approximate surface area is 44.1 Å². The van der Waals surface area contributed by atoms with Gasteiger partial charge in [-0.25, -0.2) is 0 Å². The Kier molecular flexibility index (Phi) is 5.39. The van der Waals surface area contributed by atoms with E-state index in [1.165, 1.54) is 0 Å². The molecule has 0 saturated carbocycles. The van der Waals surface area contributed by atoms with Crippen LogP contribution in [0, 0.1) is 0 Å². The molecule has 0 aromatic heterocycles. The molecule has 0 aliphatic heterocycles. The first-order chi connectivity index (χ1) is 3.41. The third kappa shape index (κ3) is 5.66. The minimum atomic E-state index is 0.702. The molecule has 0 atom stereocenters. The van der Waals surface area contributed by atoms with Crippen LogP contribution in [0.3, 0.4) is 0 Å². The highest BCUT2D eigenvalue weighted by Gasteiger charge is 1.72. The summed E-state index contributed by atoms with van der Waals surface area (Å²) in [5.41, 5.74) is 2.67. The fourth-order valence-electron chi connectivity index (χ4n) is 0.220. The van der Waals surface area contributed by atoms with Gasteiger partial charge in [0.05, 0.1) is 6.61 Å². The van der Waals surface area contributed by atoms with Crippen LogP contribution >= 0.6 is 0 Å². The highest BCUT2D eigenvalue weighted by molar-refractivity contribution is 4.65. The largest absolute Gasteiger partial charge is 0.302 e. The maximum absolute atomic E-state index is 4.75. The third-order valence-electron chi connectivity index (χ3n) is 0.474. The molecule has 0 unspecified atom stereocenters. The van der Waals surface area contributed by atoms with Gasteiger partial charge in [-0.1, -0.05) is 6.08 Å². The third-order valence-corrected chi connectivity index (χ3v) is 0.474. The molecule has 0 aromatic carbocycles. The summed E-state index contributed by atoms with van der Waals surface area (Å²) in [5.74, 6) is 0. The molecule has 0 rings (SSSR count). The lowest BCUT2D eigenvalue weighted by molar-refractivity contribution is 0.0588. The maximum atomic E-state index is 4.75. The first-order valence-corrected chi connectivity index (χ1v) is 2.37. The molecule has 0 heterocycles. The van der Waals surface area contributed by atoms with Gasteiger partial charge in [0.1, 0.15) is 0 Å². The first-order valence-electron chi connectivity index (χ1n) is 2.37. The topological polar surface area (TPSA) is 21.3 Å². The SMILES string of the molecule is C=CCNOCC. The van der Waals surface area contributed by atoms with Crippen molar-refractivity contribution in [2.45, 2.75) is 6.92 Å². The van der Waals surface area contributed by atoms with Gasteiger partial charge in [-0.2, -0.15) is 5.48 Å². The van der Waals surface area contributed by atoms with E-state index in [1.54, 1.807) is 6.08 Å². The first kappa shape index (κ1) is 6.66. The van der Waals surface area contributed by atoms with Crippen LogP contribution in [-0.2, 0) is 4.84 Å². The van der Waals surface area contributed by atoms with Crippen molar-refractivity contribution in [2.75, 3.05) is 13.2 Å². The van der Waals surface area contributed by atoms with E-state index in [1.807, 2.05) is 6.92 Å². The van der Waals surface area contributed by atoms with E-state index in [9.17, 15) is 0 Å². The second kappa shape index (κ2) is 5.66. The lowest BCUT2D eigenvalue weighted by Crippen LogP contribution is -2.13.